The van der Waals surface area contributed by atoms with E-state index in [9.17, 15) is 14.7 Å². The van der Waals surface area contributed by atoms with Gasteiger partial charge in [0.1, 0.15) is 11.5 Å². The molecule has 1 aliphatic heterocycles. The number of para-hydroxylation sites is 1. The molecule has 38 heavy (non-hydrogen) atoms. The number of carbonyl (C=O) groups excluding carboxylic acids is 2. The van der Waals surface area contributed by atoms with Gasteiger partial charge in [0, 0.05) is 11.1 Å². The van der Waals surface area contributed by atoms with Crippen LogP contribution in [0.25, 0.3) is 16.5 Å². The zero-order valence-electron chi connectivity index (χ0n) is 22.1. The fourth-order valence-electron chi connectivity index (χ4n) is 5.06. The summed E-state index contributed by atoms with van der Waals surface area (Å²) in [6, 6.07) is 28.0. The number of aliphatic hydroxyl groups is 1. The standard InChI is InChI=1S/C33H31NO4/c1-33(2,3)26-17-15-22(16-18-26)29-28(30(35)24-14-13-21-9-5-6-10-23(21)19-24)31(36)32(37)34(29)20-25-11-7-8-12-27(25)38-4/h5-19,29,35H,20H2,1-4H3/b30-28-. The van der Waals surface area contributed by atoms with E-state index in [4.69, 9.17) is 4.74 Å². The number of fused-ring (bicyclic) bond motifs is 1. The molecule has 192 valence electrons. The Hall–Kier alpha value is -4.38. The van der Waals surface area contributed by atoms with Crippen LogP contribution in [0.4, 0.5) is 0 Å². The van der Waals surface area contributed by atoms with Gasteiger partial charge >= 0.3 is 0 Å². The number of rotatable bonds is 5. The molecule has 1 atom stereocenters. The third-order valence-corrected chi connectivity index (χ3v) is 7.19. The third kappa shape index (κ3) is 4.56. The molecule has 0 spiro atoms. The van der Waals surface area contributed by atoms with Gasteiger partial charge in [-0.05, 0) is 39.4 Å². The molecule has 1 amide bonds. The summed E-state index contributed by atoms with van der Waals surface area (Å²) in [5.41, 5.74) is 3.20. The zero-order chi connectivity index (χ0) is 27.0. The third-order valence-electron chi connectivity index (χ3n) is 7.19. The van der Waals surface area contributed by atoms with Crippen molar-refractivity contribution in [2.75, 3.05) is 7.11 Å². The Morgan fingerprint density at radius 3 is 2.21 bits per heavy atom. The summed E-state index contributed by atoms with van der Waals surface area (Å²) in [5, 5.41) is 13.5. The fraction of sp³-hybridized carbons (Fsp3) is 0.212. The number of benzene rings is 4. The topological polar surface area (TPSA) is 66.8 Å². The molecule has 0 bridgehead atoms. The van der Waals surface area contributed by atoms with E-state index < -0.39 is 17.7 Å². The minimum absolute atomic E-state index is 0.0527. The normalized spacial score (nSPS) is 17.3. The van der Waals surface area contributed by atoms with Gasteiger partial charge in [-0.15, -0.1) is 0 Å². The van der Waals surface area contributed by atoms with Crippen LogP contribution in [0.1, 0.15) is 49.1 Å². The summed E-state index contributed by atoms with van der Waals surface area (Å²) in [5.74, 6) is -0.897. The first-order valence-corrected chi connectivity index (χ1v) is 12.7. The zero-order valence-corrected chi connectivity index (χ0v) is 22.1. The molecule has 5 nitrogen and oxygen atoms in total. The highest BCUT2D eigenvalue weighted by Gasteiger charge is 2.46. The van der Waals surface area contributed by atoms with Crippen LogP contribution in [0.3, 0.4) is 0 Å². The van der Waals surface area contributed by atoms with Crippen molar-refractivity contribution in [3.8, 4) is 5.75 Å². The molecule has 5 heteroatoms. The predicted molar refractivity (Wildman–Crippen MR) is 150 cm³/mol. The molecule has 0 saturated carbocycles. The maximum absolute atomic E-state index is 13.5. The Labute approximate surface area is 223 Å². The Bertz CT molecular complexity index is 1560. The number of hydrogen-bond donors (Lipinski definition) is 1. The lowest BCUT2D eigenvalue weighted by Gasteiger charge is -2.27. The molecule has 1 aliphatic rings. The molecular weight excluding hydrogens is 474 g/mol. The summed E-state index contributed by atoms with van der Waals surface area (Å²) in [4.78, 5) is 28.5. The quantitative estimate of drug-likeness (QED) is 0.185. The van der Waals surface area contributed by atoms with E-state index in [0.717, 1.165) is 27.5 Å². The lowest BCUT2D eigenvalue weighted by molar-refractivity contribution is -0.140. The van der Waals surface area contributed by atoms with Gasteiger partial charge in [-0.2, -0.15) is 0 Å². The number of Topliss-reactive ketones (excluding diaryl/α,β-unsaturated/α-hetero) is 1. The summed E-state index contributed by atoms with van der Waals surface area (Å²) in [6.45, 7) is 6.56. The van der Waals surface area contributed by atoms with Crippen LogP contribution < -0.4 is 4.74 Å². The van der Waals surface area contributed by atoms with Crippen LogP contribution in [-0.2, 0) is 21.5 Å². The van der Waals surface area contributed by atoms with E-state index in [1.54, 1.807) is 13.2 Å². The minimum atomic E-state index is -0.750. The van der Waals surface area contributed by atoms with Crippen molar-refractivity contribution >= 4 is 28.2 Å². The Kier molecular flexibility index (Phi) is 6.53. The largest absolute Gasteiger partial charge is 0.507 e. The number of carbonyl (C=O) groups is 2. The first-order valence-electron chi connectivity index (χ1n) is 12.7. The van der Waals surface area contributed by atoms with Gasteiger partial charge in [0.25, 0.3) is 11.7 Å². The summed E-state index contributed by atoms with van der Waals surface area (Å²) in [6.07, 6.45) is 0. The number of amides is 1. The fourth-order valence-corrected chi connectivity index (χ4v) is 5.06. The van der Waals surface area contributed by atoms with E-state index >= 15 is 0 Å². The van der Waals surface area contributed by atoms with E-state index in [0.29, 0.717) is 11.3 Å². The van der Waals surface area contributed by atoms with E-state index in [2.05, 4.69) is 20.8 Å². The number of ketones is 1. The molecule has 1 unspecified atom stereocenters. The van der Waals surface area contributed by atoms with E-state index in [1.165, 1.54) is 4.90 Å². The van der Waals surface area contributed by atoms with Gasteiger partial charge in [0.15, 0.2) is 0 Å². The van der Waals surface area contributed by atoms with Gasteiger partial charge in [-0.3, -0.25) is 9.59 Å². The van der Waals surface area contributed by atoms with Crippen LogP contribution in [-0.4, -0.2) is 28.8 Å². The maximum Gasteiger partial charge on any atom is 0.295 e. The van der Waals surface area contributed by atoms with Crippen molar-refractivity contribution < 1.29 is 19.4 Å². The van der Waals surface area contributed by atoms with Gasteiger partial charge < -0.3 is 14.7 Å². The van der Waals surface area contributed by atoms with Crippen molar-refractivity contribution in [3.05, 3.63) is 119 Å². The molecule has 1 saturated heterocycles. The molecule has 0 aliphatic carbocycles. The van der Waals surface area contributed by atoms with Crippen LogP contribution >= 0.6 is 0 Å². The maximum atomic E-state index is 13.5. The number of aliphatic hydroxyl groups excluding tert-OH is 1. The second kappa shape index (κ2) is 9.82. The molecule has 4 aromatic rings. The monoisotopic (exact) mass is 505 g/mol. The van der Waals surface area contributed by atoms with Gasteiger partial charge in [-0.1, -0.05) is 99.6 Å². The van der Waals surface area contributed by atoms with Gasteiger partial charge in [0.2, 0.25) is 0 Å². The molecule has 0 radical (unpaired) electrons. The first-order chi connectivity index (χ1) is 18.2. The lowest BCUT2D eigenvalue weighted by Crippen LogP contribution is -2.29. The smallest absolute Gasteiger partial charge is 0.295 e. The van der Waals surface area contributed by atoms with Crippen LogP contribution in [0.15, 0.2) is 96.6 Å². The highest BCUT2D eigenvalue weighted by atomic mass is 16.5. The van der Waals surface area contributed by atoms with Crippen molar-refractivity contribution in [1.82, 2.24) is 4.90 Å². The van der Waals surface area contributed by atoms with Crippen molar-refractivity contribution in [1.29, 1.82) is 0 Å². The molecule has 1 fully saturated rings. The Morgan fingerprint density at radius 2 is 1.53 bits per heavy atom. The first kappa shape index (κ1) is 25.3. The number of likely N-dealkylation sites (tertiary alicyclic amines) is 1. The van der Waals surface area contributed by atoms with Crippen LogP contribution in [0.5, 0.6) is 5.75 Å². The number of hydrogen-bond acceptors (Lipinski definition) is 4. The predicted octanol–water partition coefficient (Wildman–Crippen LogP) is 6.77. The lowest BCUT2D eigenvalue weighted by atomic mass is 9.85. The molecule has 1 heterocycles. The van der Waals surface area contributed by atoms with Crippen LogP contribution in [0, 0.1) is 0 Å². The highest BCUT2D eigenvalue weighted by molar-refractivity contribution is 6.46. The highest BCUT2D eigenvalue weighted by Crippen LogP contribution is 2.41. The second-order valence-electron chi connectivity index (χ2n) is 10.7. The molecule has 1 N–H and O–H groups in total. The van der Waals surface area contributed by atoms with E-state index in [1.807, 2.05) is 84.9 Å². The summed E-state index contributed by atoms with van der Waals surface area (Å²) in [7, 11) is 1.58. The van der Waals surface area contributed by atoms with E-state index in [-0.39, 0.29) is 23.3 Å². The average molecular weight is 506 g/mol. The molecule has 4 aromatic carbocycles. The minimum Gasteiger partial charge on any atom is -0.507 e. The summed E-state index contributed by atoms with van der Waals surface area (Å²) >= 11 is 0. The Balaban J connectivity index is 1.66. The van der Waals surface area contributed by atoms with Gasteiger partial charge in [-0.25, -0.2) is 0 Å². The number of ether oxygens (including phenoxy) is 1. The van der Waals surface area contributed by atoms with Crippen LogP contribution in [0.2, 0.25) is 0 Å². The summed E-state index contributed by atoms with van der Waals surface area (Å²) < 4.78 is 5.51. The molecule has 5 rings (SSSR count). The number of methoxy groups -OCH3 is 1. The van der Waals surface area contributed by atoms with Gasteiger partial charge in [0.05, 0.1) is 25.3 Å². The van der Waals surface area contributed by atoms with Crippen molar-refractivity contribution in [2.24, 2.45) is 0 Å². The number of nitrogens with zero attached hydrogens (tertiary/aromatic N) is 1. The SMILES string of the molecule is COc1ccccc1CN1C(=O)C(=O)/C(=C(\O)c2ccc3ccccc3c2)C1c1ccc(C(C)(C)C)cc1. The molecular formula is C33H31NO4. The Morgan fingerprint density at radius 1 is 0.868 bits per heavy atom. The molecule has 0 aromatic heterocycles. The van der Waals surface area contributed by atoms with Crippen molar-refractivity contribution in [2.45, 2.75) is 38.8 Å². The van der Waals surface area contributed by atoms with Crippen molar-refractivity contribution in [3.63, 3.8) is 0 Å². The second-order valence-corrected chi connectivity index (χ2v) is 10.7. The average Bonchev–Trinajstić information content (AvgIpc) is 3.17.